The first kappa shape index (κ1) is 19.7. The summed E-state index contributed by atoms with van der Waals surface area (Å²) >= 11 is 0. The summed E-state index contributed by atoms with van der Waals surface area (Å²) in [6.45, 7) is 2.00. The lowest BCUT2D eigenvalue weighted by Gasteiger charge is -2.30. The van der Waals surface area contributed by atoms with Crippen LogP contribution in [0.15, 0.2) is 30.3 Å². The zero-order valence-corrected chi connectivity index (χ0v) is 17.6. The van der Waals surface area contributed by atoms with Crippen LogP contribution in [0.3, 0.4) is 0 Å². The van der Waals surface area contributed by atoms with Gasteiger partial charge in [-0.25, -0.2) is 0 Å². The number of ketones is 1. The standard InChI is InChI=1S/C23H24N2O6/c1-28-14-5-6-15(19(10-14)29-2)17-4-3-7-24(17)13-25-18-12-21-20(30-8-9-31-21)11-16(18)22(26)23(25)27/h5-6,10-12,17H,3-4,7-9,13H2,1-2H3/t17-/m0/s1. The number of hydrogen-bond acceptors (Lipinski definition) is 7. The van der Waals surface area contributed by atoms with Gasteiger partial charge in [-0.2, -0.15) is 0 Å². The average molecular weight is 424 g/mol. The van der Waals surface area contributed by atoms with Crippen molar-refractivity contribution < 1.29 is 28.5 Å². The molecule has 1 amide bonds. The van der Waals surface area contributed by atoms with E-state index >= 15 is 0 Å². The number of benzene rings is 2. The molecular formula is C23H24N2O6. The summed E-state index contributed by atoms with van der Waals surface area (Å²) < 4.78 is 22.2. The fourth-order valence-corrected chi connectivity index (χ4v) is 4.59. The van der Waals surface area contributed by atoms with Crippen LogP contribution in [-0.4, -0.2) is 57.2 Å². The van der Waals surface area contributed by atoms with E-state index < -0.39 is 11.7 Å². The first-order chi connectivity index (χ1) is 15.1. The molecule has 5 rings (SSSR count). The van der Waals surface area contributed by atoms with Crippen LogP contribution >= 0.6 is 0 Å². The highest BCUT2D eigenvalue weighted by atomic mass is 16.6. The second-order valence-corrected chi connectivity index (χ2v) is 7.80. The second kappa shape index (κ2) is 7.77. The van der Waals surface area contributed by atoms with Crippen molar-refractivity contribution in [3.8, 4) is 23.0 Å². The molecule has 0 saturated carbocycles. The highest BCUT2D eigenvalue weighted by Crippen LogP contribution is 2.43. The predicted octanol–water partition coefficient (Wildman–Crippen LogP) is 2.80. The van der Waals surface area contributed by atoms with Gasteiger partial charge in [-0.15, -0.1) is 0 Å². The third-order valence-corrected chi connectivity index (χ3v) is 6.12. The third kappa shape index (κ3) is 3.27. The number of nitrogens with zero attached hydrogens (tertiary/aromatic N) is 2. The van der Waals surface area contributed by atoms with Gasteiger partial charge in [0.15, 0.2) is 11.5 Å². The van der Waals surface area contributed by atoms with Crippen molar-refractivity contribution in [3.63, 3.8) is 0 Å². The molecule has 8 nitrogen and oxygen atoms in total. The molecule has 3 aliphatic heterocycles. The molecule has 0 radical (unpaired) electrons. The fraction of sp³-hybridized carbons (Fsp3) is 0.391. The Labute approximate surface area is 180 Å². The van der Waals surface area contributed by atoms with Gasteiger partial charge in [-0.3, -0.25) is 19.4 Å². The topological polar surface area (TPSA) is 77.5 Å². The van der Waals surface area contributed by atoms with Gasteiger partial charge in [-0.1, -0.05) is 6.07 Å². The number of likely N-dealkylation sites (tertiary alicyclic amines) is 1. The van der Waals surface area contributed by atoms with E-state index in [1.807, 2.05) is 18.2 Å². The van der Waals surface area contributed by atoms with E-state index in [0.717, 1.165) is 36.4 Å². The van der Waals surface area contributed by atoms with Gasteiger partial charge in [0.1, 0.15) is 24.7 Å². The molecule has 1 fully saturated rings. The van der Waals surface area contributed by atoms with Crippen molar-refractivity contribution in [3.05, 3.63) is 41.5 Å². The van der Waals surface area contributed by atoms with Crippen LogP contribution < -0.4 is 23.8 Å². The molecule has 8 heteroatoms. The summed E-state index contributed by atoms with van der Waals surface area (Å²) in [6, 6.07) is 9.23. The third-order valence-electron chi connectivity index (χ3n) is 6.12. The van der Waals surface area contributed by atoms with Gasteiger partial charge in [0.25, 0.3) is 5.78 Å². The first-order valence-electron chi connectivity index (χ1n) is 10.4. The van der Waals surface area contributed by atoms with Crippen molar-refractivity contribution >= 4 is 17.4 Å². The fourth-order valence-electron chi connectivity index (χ4n) is 4.59. The van der Waals surface area contributed by atoms with E-state index in [1.165, 1.54) is 0 Å². The van der Waals surface area contributed by atoms with E-state index in [2.05, 4.69) is 4.90 Å². The molecule has 0 aromatic heterocycles. The Morgan fingerprint density at radius 3 is 2.55 bits per heavy atom. The van der Waals surface area contributed by atoms with Gasteiger partial charge in [-0.05, 0) is 25.0 Å². The van der Waals surface area contributed by atoms with Crippen LogP contribution in [0.4, 0.5) is 5.69 Å². The number of Topliss-reactive ketones (excluding diaryl/α,β-unsaturated/α-hetero) is 1. The molecule has 0 N–H and O–H groups in total. The number of methoxy groups -OCH3 is 2. The lowest BCUT2D eigenvalue weighted by atomic mass is 10.0. The minimum atomic E-state index is -0.523. The van der Waals surface area contributed by atoms with Crippen molar-refractivity contribution in [2.24, 2.45) is 0 Å². The number of anilines is 1. The number of hydrogen-bond donors (Lipinski definition) is 0. The smallest absolute Gasteiger partial charge is 0.300 e. The van der Waals surface area contributed by atoms with Crippen LogP contribution in [0.5, 0.6) is 23.0 Å². The molecule has 3 aliphatic rings. The quantitative estimate of drug-likeness (QED) is 0.683. The van der Waals surface area contributed by atoms with E-state index in [9.17, 15) is 9.59 Å². The average Bonchev–Trinajstić information content (AvgIpc) is 3.36. The number of carbonyl (C=O) groups excluding carboxylic acids is 2. The molecule has 1 saturated heterocycles. The van der Waals surface area contributed by atoms with Crippen LogP contribution in [0, 0.1) is 0 Å². The maximum Gasteiger partial charge on any atom is 0.300 e. The molecule has 0 aliphatic carbocycles. The van der Waals surface area contributed by atoms with Crippen molar-refractivity contribution in [2.45, 2.75) is 18.9 Å². The molecule has 0 unspecified atom stereocenters. The van der Waals surface area contributed by atoms with Gasteiger partial charge >= 0.3 is 5.91 Å². The Bertz CT molecular complexity index is 1050. The minimum absolute atomic E-state index is 0.0741. The lowest BCUT2D eigenvalue weighted by molar-refractivity contribution is -0.114. The zero-order valence-electron chi connectivity index (χ0n) is 17.6. The molecular weight excluding hydrogens is 400 g/mol. The molecule has 2 aromatic rings. The maximum absolute atomic E-state index is 12.8. The van der Waals surface area contributed by atoms with Crippen LogP contribution in [-0.2, 0) is 4.79 Å². The normalized spacial score (nSPS) is 20.2. The van der Waals surface area contributed by atoms with E-state index in [0.29, 0.717) is 42.6 Å². The number of ether oxygens (including phenoxy) is 4. The van der Waals surface area contributed by atoms with Gasteiger partial charge in [0, 0.05) is 30.3 Å². The summed E-state index contributed by atoms with van der Waals surface area (Å²) in [6.07, 6.45) is 1.93. The Morgan fingerprint density at radius 1 is 1.03 bits per heavy atom. The van der Waals surface area contributed by atoms with Gasteiger partial charge < -0.3 is 18.9 Å². The van der Waals surface area contributed by atoms with E-state index in [1.54, 1.807) is 31.3 Å². The Hall–Kier alpha value is -3.26. The summed E-state index contributed by atoms with van der Waals surface area (Å²) in [5.74, 6) is 1.52. The van der Waals surface area contributed by atoms with Crippen molar-refractivity contribution in [1.29, 1.82) is 0 Å². The van der Waals surface area contributed by atoms with Crippen LogP contribution in [0.1, 0.15) is 34.8 Å². The first-order valence-corrected chi connectivity index (χ1v) is 10.4. The van der Waals surface area contributed by atoms with E-state index in [-0.39, 0.29) is 6.04 Å². The van der Waals surface area contributed by atoms with Crippen molar-refractivity contribution in [2.75, 3.05) is 45.5 Å². The summed E-state index contributed by atoms with van der Waals surface area (Å²) in [7, 11) is 3.26. The Morgan fingerprint density at radius 2 is 1.81 bits per heavy atom. The number of amides is 1. The predicted molar refractivity (Wildman–Crippen MR) is 112 cm³/mol. The molecule has 3 heterocycles. The molecule has 2 aromatic carbocycles. The molecule has 162 valence electrons. The Kier molecular flexibility index (Phi) is 4.94. The van der Waals surface area contributed by atoms with E-state index in [4.69, 9.17) is 18.9 Å². The SMILES string of the molecule is COc1ccc([C@@H]2CCCN2CN2C(=O)C(=O)c3cc4c(cc32)OCCO4)c(OC)c1. The van der Waals surface area contributed by atoms with Crippen LogP contribution in [0.2, 0.25) is 0 Å². The number of carbonyl (C=O) groups is 2. The highest BCUT2D eigenvalue weighted by Gasteiger charge is 2.40. The minimum Gasteiger partial charge on any atom is -0.497 e. The molecule has 0 bridgehead atoms. The maximum atomic E-state index is 12.8. The summed E-state index contributed by atoms with van der Waals surface area (Å²) in [5, 5.41) is 0. The zero-order chi connectivity index (χ0) is 21.5. The van der Waals surface area contributed by atoms with Crippen LogP contribution in [0.25, 0.3) is 0 Å². The number of rotatable bonds is 5. The molecule has 31 heavy (non-hydrogen) atoms. The summed E-state index contributed by atoms with van der Waals surface area (Å²) in [5.41, 5.74) is 1.99. The lowest BCUT2D eigenvalue weighted by Crippen LogP contribution is -2.40. The van der Waals surface area contributed by atoms with Crippen molar-refractivity contribution in [1.82, 2.24) is 4.90 Å². The Balaban J connectivity index is 1.45. The largest absolute Gasteiger partial charge is 0.497 e. The monoisotopic (exact) mass is 424 g/mol. The second-order valence-electron chi connectivity index (χ2n) is 7.80. The molecule has 1 atom stereocenters. The summed E-state index contributed by atoms with van der Waals surface area (Å²) in [4.78, 5) is 29.2. The number of fused-ring (bicyclic) bond motifs is 2. The van der Waals surface area contributed by atoms with Gasteiger partial charge in [0.2, 0.25) is 0 Å². The highest BCUT2D eigenvalue weighted by molar-refractivity contribution is 6.52. The molecule has 0 spiro atoms. The van der Waals surface area contributed by atoms with Gasteiger partial charge in [0.05, 0.1) is 32.1 Å².